The van der Waals surface area contributed by atoms with Gasteiger partial charge in [0.25, 0.3) is 0 Å². The zero-order valence-electron chi connectivity index (χ0n) is 12.2. The molecular formula is C17H16N2O2S. The highest BCUT2D eigenvalue weighted by atomic mass is 32.1. The smallest absolute Gasteiger partial charge is 0.220 e. The molecule has 4 nitrogen and oxygen atoms in total. The van der Waals surface area contributed by atoms with Crippen LogP contribution >= 0.6 is 11.3 Å². The molecule has 112 valence electrons. The monoisotopic (exact) mass is 312 g/mol. The molecule has 0 saturated carbocycles. The SMILES string of the molecule is CC(NC(=O)CCC(=O)c1cccs1)c1ccc(C#N)cc1. The van der Waals surface area contributed by atoms with E-state index in [2.05, 4.69) is 11.4 Å². The molecule has 0 radical (unpaired) electrons. The molecular weight excluding hydrogens is 296 g/mol. The summed E-state index contributed by atoms with van der Waals surface area (Å²) in [6.07, 6.45) is 0.393. The molecule has 0 spiro atoms. The third-order valence-corrected chi connectivity index (χ3v) is 4.20. The van der Waals surface area contributed by atoms with Gasteiger partial charge in [-0.2, -0.15) is 5.26 Å². The summed E-state index contributed by atoms with van der Waals surface area (Å²) in [4.78, 5) is 24.4. The molecule has 0 fully saturated rings. The minimum atomic E-state index is -0.155. The highest BCUT2D eigenvalue weighted by molar-refractivity contribution is 7.12. The fourth-order valence-corrected chi connectivity index (χ4v) is 2.73. The first-order chi connectivity index (χ1) is 10.6. The highest BCUT2D eigenvalue weighted by Gasteiger charge is 2.13. The molecule has 1 aromatic heterocycles. The number of thiophene rings is 1. The van der Waals surface area contributed by atoms with Gasteiger partial charge in [-0.15, -0.1) is 11.3 Å². The summed E-state index contributed by atoms with van der Waals surface area (Å²) in [5, 5.41) is 13.5. The standard InChI is InChI=1S/C17H16N2O2S/c1-12(14-6-4-13(11-18)5-7-14)19-17(21)9-8-15(20)16-3-2-10-22-16/h2-7,10,12H,8-9H2,1H3,(H,19,21). The van der Waals surface area contributed by atoms with E-state index in [0.29, 0.717) is 10.4 Å². The van der Waals surface area contributed by atoms with Crippen LogP contribution in [0.2, 0.25) is 0 Å². The second-order valence-corrected chi connectivity index (χ2v) is 5.87. The molecule has 0 aliphatic heterocycles. The Hall–Kier alpha value is -2.45. The lowest BCUT2D eigenvalue weighted by molar-refractivity contribution is -0.121. The molecule has 1 atom stereocenters. The Labute approximate surface area is 133 Å². The highest BCUT2D eigenvalue weighted by Crippen LogP contribution is 2.15. The van der Waals surface area contributed by atoms with Crippen molar-refractivity contribution in [2.24, 2.45) is 0 Å². The summed E-state index contributed by atoms with van der Waals surface area (Å²) in [7, 11) is 0. The second kappa shape index (κ2) is 7.53. The lowest BCUT2D eigenvalue weighted by Gasteiger charge is -2.14. The van der Waals surface area contributed by atoms with Crippen molar-refractivity contribution in [3.8, 4) is 6.07 Å². The van der Waals surface area contributed by atoms with E-state index in [1.54, 1.807) is 18.2 Å². The van der Waals surface area contributed by atoms with E-state index in [4.69, 9.17) is 5.26 Å². The number of hydrogen-bond donors (Lipinski definition) is 1. The van der Waals surface area contributed by atoms with E-state index in [-0.39, 0.29) is 30.6 Å². The van der Waals surface area contributed by atoms with Crippen molar-refractivity contribution in [3.05, 3.63) is 57.8 Å². The molecule has 22 heavy (non-hydrogen) atoms. The normalized spacial score (nSPS) is 11.5. The van der Waals surface area contributed by atoms with E-state index in [1.165, 1.54) is 11.3 Å². The van der Waals surface area contributed by atoms with Crippen molar-refractivity contribution < 1.29 is 9.59 Å². The van der Waals surface area contributed by atoms with Gasteiger partial charge in [0.2, 0.25) is 5.91 Å². The molecule has 0 bridgehead atoms. The maximum atomic E-state index is 11.9. The summed E-state index contributed by atoms with van der Waals surface area (Å²) in [5.41, 5.74) is 1.51. The van der Waals surface area contributed by atoms with E-state index >= 15 is 0 Å². The van der Waals surface area contributed by atoms with Gasteiger partial charge in [-0.3, -0.25) is 9.59 Å². The van der Waals surface area contributed by atoms with E-state index in [9.17, 15) is 9.59 Å². The zero-order valence-corrected chi connectivity index (χ0v) is 13.0. The molecule has 1 aromatic carbocycles. The molecule has 2 rings (SSSR count). The number of rotatable bonds is 6. The number of carbonyl (C=O) groups is 2. The van der Waals surface area contributed by atoms with Crippen molar-refractivity contribution in [2.75, 3.05) is 0 Å². The first-order valence-electron chi connectivity index (χ1n) is 6.96. The fraction of sp³-hybridized carbons (Fsp3) is 0.235. The third-order valence-electron chi connectivity index (χ3n) is 3.29. The second-order valence-electron chi connectivity index (χ2n) is 4.92. The fourth-order valence-electron chi connectivity index (χ4n) is 2.03. The summed E-state index contributed by atoms with van der Waals surface area (Å²) < 4.78 is 0. The van der Waals surface area contributed by atoms with Crippen LogP contribution in [0.3, 0.4) is 0 Å². The van der Waals surface area contributed by atoms with E-state index < -0.39 is 0 Å². The van der Waals surface area contributed by atoms with Crippen LogP contribution in [0.15, 0.2) is 41.8 Å². The van der Waals surface area contributed by atoms with Gasteiger partial charge in [0.05, 0.1) is 22.6 Å². The Balaban J connectivity index is 1.83. The Morgan fingerprint density at radius 1 is 1.23 bits per heavy atom. The minimum absolute atomic E-state index is 0.00354. The lowest BCUT2D eigenvalue weighted by atomic mass is 10.1. The Bertz CT molecular complexity index is 684. The van der Waals surface area contributed by atoms with Crippen LogP contribution in [0.4, 0.5) is 0 Å². The van der Waals surface area contributed by atoms with Gasteiger partial charge in [0, 0.05) is 12.8 Å². The Kier molecular flexibility index (Phi) is 5.45. The number of carbonyl (C=O) groups excluding carboxylic acids is 2. The number of nitriles is 1. The number of nitrogens with zero attached hydrogens (tertiary/aromatic N) is 1. The van der Waals surface area contributed by atoms with Crippen LogP contribution in [0.5, 0.6) is 0 Å². The van der Waals surface area contributed by atoms with Gasteiger partial charge in [-0.25, -0.2) is 0 Å². The van der Waals surface area contributed by atoms with Crippen molar-refractivity contribution in [1.82, 2.24) is 5.32 Å². The largest absolute Gasteiger partial charge is 0.350 e. The van der Waals surface area contributed by atoms with Gasteiger partial charge in [0.15, 0.2) is 5.78 Å². The molecule has 1 unspecified atom stereocenters. The number of Topliss-reactive ketones (excluding diaryl/α,β-unsaturated/α-hetero) is 1. The average Bonchev–Trinajstić information content (AvgIpc) is 3.07. The molecule has 0 aliphatic rings. The first kappa shape index (κ1) is 15.9. The molecule has 1 amide bonds. The number of benzene rings is 1. The van der Waals surface area contributed by atoms with E-state index in [1.807, 2.05) is 30.5 Å². The zero-order chi connectivity index (χ0) is 15.9. The van der Waals surface area contributed by atoms with Gasteiger partial charge in [-0.1, -0.05) is 18.2 Å². The molecule has 0 saturated heterocycles. The summed E-state index contributed by atoms with van der Waals surface area (Å²) in [6, 6.07) is 12.6. The van der Waals surface area contributed by atoms with Crippen molar-refractivity contribution in [3.63, 3.8) is 0 Å². The van der Waals surface area contributed by atoms with Crippen LogP contribution < -0.4 is 5.32 Å². The van der Waals surface area contributed by atoms with Crippen LogP contribution in [0.25, 0.3) is 0 Å². The van der Waals surface area contributed by atoms with Gasteiger partial charge >= 0.3 is 0 Å². The quantitative estimate of drug-likeness (QED) is 0.830. The molecule has 5 heteroatoms. The van der Waals surface area contributed by atoms with Gasteiger partial charge < -0.3 is 5.32 Å². The predicted octanol–water partition coefficient (Wildman–Crippen LogP) is 3.46. The summed E-state index contributed by atoms with van der Waals surface area (Å²) >= 11 is 1.39. The maximum Gasteiger partial charge on any atom is 0.220 e. The van der Waals surface area contributed by atoms with Crippen molar-refractivity contribution >= 4 is 23.0 Å². The van der Waals surface area contributed by atoms with Gasteiger partial charge in [-0.05, 0) is 36.1 Å². The summed E-state index contributed by atoms with van der Waals surface area (Å²) in [6.45, 7) is 1.88. The summed E-state index contributed by atoms with van der Waals surface area (Å²) in [5.74, 6) is -0.155. The third kappa shape index (κ3) is 4.27. The predicted molar refractivity (Wildman–Crippen MR) is 85.6 cm³/mol. The van der Waals surface area contributed by atoms with E-state index in [0.717, 1.165) is 5.56 Å². The molecule has 1 N–H and O–H groups in total. The Morgan fingerprint density at radius 2 is 1.95 bits per heavy atom. The van der Waals surface area contributed by atoms with Crippen molar-refractivity contribution in [1.29, 1.82) is 5.26 Å². The van der Waals surface area contributed by atoms with Crippen LogP contribution in [0, 0.1) is 11.3 Å². The average molecular weight is 312 g/mol. The van der Waals surface area contributed by atoms with Crippen LogP contribution in [0.1, 0.15) is 46.6 Å². The molecule has 2 aromatic rings. The number of ketones is 1. The number of amides is 1. The van der Waals surface area contributed by atoms with Gasteiger partial charge in [0.1, 0.15) is 0 Å². The van der Waals surface area contributed by atoms with Crippen LogP contribution in [-0.2, 0) is 4.79 Å². The molecule has 1 heterocycles. The van der Waals surface area contributed by atoms with Crippen molar-refractivity contribution in [2.45, 2.75) is 25.8 Å². The number of hydrogen-bond acceptors (Lipinski definition) is 4. The van der Waals surface area contributed by atoms with Crippen LogP contribution in [-0.4, -0.2) is 11.7 Å². The topological polar surface area (TPSA) is 70.0 Å². The Morgan fingerprint density at radius 3 is 2.55 bits per heavy atom. The first-order valence-corrected chi connectivity index (χ1v) is 7.84. The minimum Gasteiger partial charge on any atom is -0.350 e. The maximum absolute atomic E-state index is 11.9. The molecule has 0 aliphatic carbocycles. The number of nitrogens with one attached hydrogen (secondary N) is 1. The lowest BCUT2D eigenvalue weighted by Crippen LogP contribution is -2.26.